The average molecular weight is 387 g/mol. The minimum Gasteiger partial charge on any atom is -0.367 e. The van der Waals surface area contributed by atoms with E-state index in [1.807, 2.05) is 73.1 Å². The lowest BCUT2D eigenvalue weighted by molar-refractivity contribution is -0.116. The number of rotatable bonds is 6. The number of nitrogens with one attached hydrogen (secondary N) is 1. The van der Waals surface area contributed by atoms with E-state index in [9.17, 15) is 4.79 Å². The molecule has 1 amide bonds. The fraction of sp³-hybridized carbons (Fsp3) is 0.261. The van der Waals surface area contributed by atoms with E-state index in [4.69, 9.17) is 0 Å². The molecule has 0 spiro atoms. The van der Waals surface area contributed by atoms with Gasteiger partial charge in [0, 0.05) is 38.8 Å². The topological polar surface area (TPSA) is 61.4 Å². The van der Waals surface area contributed by atoms with Crippen LogP contribution in [0.1, 0.15) is 12.0 Å². The molecule has 0 atom stereocenters. The number of anilines is 3. The Morgan fingerprint density at radius 2 is 1.62 bits per heavy atom. The molecule has 0 radical (unpaired) electrons. The molecule has 0 bridgehead atoms. The zero-order chi connectivity index (χ0) is 19.9. The summed E-state index contributed by atoms with van der Waals surface area (Å²) in [4.78, 5) is 25.6. The van der Waals surface area contributed by atoms with Crippen molar-refractivity contribution in [1.82, 2.24) is 9.97 Å². The number of hydrogen-bond donors (Lipinski definition) is 1. The molecule has 0 saturated carbocycles. The van der Waals surface area contributed by atoms with E-state index < -0.39 is 0 Å². The maximum absolute atomic E-state index is 12.2. The Kier molecular flexibility index (Phi) is 6.00. The van der Waals surface area contributed by atoms with Gasteiger partial charge in [0.05, 0.1) is 11.9 Å². The lowest BCUT2D eigenvalue weighted by Crippen LogP contribution is -2.46. The van der Waals surface area contributed by atoms with Crippen molar-refractivity contribution in [3.8, 4) is 0 Å². The van der Waals surface area contributed by atoms with Crippen molar-refractivity contribution in [2.75, 3.05) is 41.3 Å². The Balaban J connectivity index is 1.26. The third-order valence-electron chi connectivity index (χ3n) is 5.12. The molecule has 1 aliphatic heterocycles. The molecular weight excluding hydrogens is 362 g/mol. The van der Waals surface area contributed by atoms with Gasteiger partial charge in [-0.2, -0.15) is 0 Å². The normalized spacial score (nSPS) is 13.9. The molecule has 0 unspecified atom stereocenters. The van der Waals surface area contributed by atoms with Gasteiger partial charge in [-0.3, -0.25) is 4.79 Å². The number of carbonyl (C=O) groups is 1. The smallest absolute Gasteiger partial charge is 0.225 e. The largest absolute Gasteiger partial charge is 0.367 e. The Labute approximate surface area is 171 Å². The summed E-state index contributed by atoms with van der Waals surface area (Å²) in [6.07, 6.45) is 4.84. The molecule has 6 heteroatoms. The van der Waals surface area contributed by atoms with Crippen LogP contribution in [0.15, 0.2) is 73.1 Å². The highest BCUT2D eigenvalue weighted by atomic mass is 16.1. The molecule has 29 heavy (non-hydrogen) atoms. The van der Waals surface area contributed by atoms with Crippen molar-refractivity contribution < 1.29 is 4.79 Å². The monoisotopic (exact) mass is 387 g/mol. The first-order valence-corrected chi connectivity index (χ1v) is 9.99. The van der Waals surface area contributed by atoms with Crippen LogP contribution in [-0.4, -0.2) is 42.1 Å². The maximum atomic E-state index is 12.2. The van der Waals surface area contributed by atoms with E-state index in [-0.39, 0.29) is 5.91 Å². The number of aromatic nitrogens is 2. The summed E-state index contributed by atoms with van der Waals surface area (Å²) in [5.41, 5.74) is 2.24. The van der Waals surface area contributed by atoms with Crippen LogP contribution in [0.3, 0.4) is 0 Å². The highest BCUT2D eigenvalue weighted by Crippen LogP contribution is 2.19. The summed E-state index contributed by atoms with van der Waals surface area (Å²) >= 11 is 0. The third-order valence-corrected chi connectivity index (χ3v) is 5.12. The standard InChI is InChI=1S/C23H25N5O/c29-23(12-9-19-6-2-1-3-7-19)26-21-11-10-20(18-25-21)27-14-16-28(17-15-27)22-8-4-5-13-24-22/h1-8,10-11,13,18H,9,12,14-17H2,(H,25,26,29). The van der Waals surface area contributed by atoms with Crippen LogP contribution in [0, 0.1) is 0 Å². The van der Waals surface area contributed by atoms with Gasteiger partial charge in [0.2, 0.25) is 5.91 Å². The van der Waals surface area contributed by atoms with E-state index in [0.29, 0.717) is 12.2 Å². The van der Waals surface area contributed by atoms with Crippen LogP contribution in [0.5, 0.6) is 0 Å². The van der Waals surface area contributed by atoms with Crippen LogP contribution < -0.4 is 15.1 Å². The summed E-state index contributed by atoms with van der Waals surface area (Å²) < 4.78 is 0. The van der Waals surface area contributed by atoms with Gasteiger partial charge in [-0.25, -0.2) is 9.97 Å². The van der Waals surface area contributed by atoms with Crippen molar-refractivity contribution in [1.29, 1.82) is 0 Å². The van der Waals surface area contributed by atoms with Crippen molar-refractivity contribution in [2.24, 2.45) is 0 Å². The van der Waals surface area contributed by atoms with Crippen molar-refractivity contribution in [2.45, 2.75) is 12.8 Å². The average Bonchev–Trinajstić information content (AvgIpc) is 2.80. The van der Waals surface area contributed by atoms with Crippen LogP contribution in [-0.2, 0) is 11.2 Å². The Hall–Kier alpha value is -3.41. The molecule has 0 aliphatic carbocycles. The molecule has 1 aliphatic rings. The van der Waals surface area contributed by atoms with Gasteiger partial charge < -0.3 is 15.1 Å². The summed E-state index contributed by atoms with van der Waals surface area (Å²) in [5.74, 6) is 1.61. The highest BCUT2D eigenvalue weighted by molar-refractivity contribution is 5.89. The number of amides is 1. The molecule has 3 aromatic rings. The van der Waals surface area contributed by atoms with Gasteiger partial charge in [0.25, 0.3) is 0 Å². The molecule has 1 saturated heterocycles. The Bertz CT molecular complexity index is 907. The molecule has 1 fully saturated rings. The van der Waals surface area contributed by atoms with Gasteiger partial charge in [-0.05, 0) is 36.2 Å². The first kappa shape index (κ1) is 18.9. The van der Waals surface area contributed by atoms with E-state index in [2.05, 4.69) is 25.1 Å². The second-order valence-corrected chi connectivity index (χ2v) is 7.10. The molecule has 2 aromatic heterocycles. The summed E-state index contributed by atoms with van der Waals surface area (Å²) in [6.45, 7) is 3.69. The predicted molar refractivity (Wildman–Crippen MR) is 116 cm³/mol. The third kappa shape index (κ3) is 5.10. The Morgan fingerprint density at radius 1 is 0.862 bits per heavy atom. The number of hydrogen-bond acceptors (Lipinski definition) is 5. The Morgan fingerprint density at radius 3 is 2.31 bits per heavy atom. The van der Waals surface area contributed by atoms with Gasteiger partial charge >= 0.3 is 0 Å². The summed E-state index contributed by atoms with van der Waals surface area (Å²) in [6, 6.07) is 19.9. The minimum absolute atomic E-state index is 0.0157. The number of nitrogens with zero attached hydrogens (tertiary/aromatic N) is 4. The van der Waals surface area contributed by atoms with Crippen LogP contribution >= 0.6 is 0 Å². The van der Waals surface area contributed by atoms with Gasteiger partial charge in [-0.15, -0.1) is 0 Å². The molecule has 3 heterocycles. The van der Waals surface area contributed by atoms with E-state index >= 15 is 0 Å². The SMILES string of the molecule is O=C(CCc1ccccc1)Nc1ccc(N2CCN(c3ccccn3)CC2)cn1. The molecule has 1 N–H and O–H groups in total. The van der Waals surface area contributed by atoms with Gasteiger partial charge in [0.15, 0.2) is 0 Å². The molecule has 4 rings (SSSR count). The lowest BCUT2D eigenvalue weighted by Gasteiger charge is -2.36. The number of piperazine rings is 1. The lowest BCUT2D eigenvalue weighted by atomic mass is 10.1. The quantitative estimate of drug-likeness (QED) is 0.703. The first-order valence-electron chi connectivity index (χ1n) is 9.99. The highest BCUT2D eigenvalue weighted by Gasteiger charge is 2.18. The molecular formula is C23H25N5O. The van der Waals surface area contributed by atoms with Gasteiger partial charge in [0.1, 0.15) is 11.6 Å². The first-order chi connectivity index (χ1) is 14.3. The van der Waals surface area contributed by atoms with Crippen LogP contribution in [0.25, 0.3) is 0 Å². The summed E-state index contributed by atoms with van der Waals surface area (Å²) in [7, 11) is 0. The molecule has 1 aromatic carbocycles. The second kappa shape index (κ2) is 9.19. The maximum Gasteiger partial charge on any atom is 0.225 e. The van der Waals surface area contributed by atoms with Crippen molar-refractivity contribution in [3.63, 3.8) is 0 Å². The van der Waals surface area contributed by atoms with Gasteiger partial charge in [-0.1, -0.05) is 36.4 Å². The van der Waals surface area contributed by atoms with Crippen LogP contribution in [0.2, 0.25) is 0 Å². The van der Waals surface area contributed by atoms with E-state index in [0.717, 1.165) is 49.7 Å². The predicted octanol–water partition coefficient (Wildman–Crippen LogP) is 3.37. The fourth-order valence-corrected chi connectivity index (χ4v) is 3.49. The van der Waals surface area contributed by atoms with Crippen molar-refractivity contribution >= 4 is 23.2 Å². The second-order valence-electron chi connectivity index (χ2n) is 7.10. The van der Waals surface area contributed by atoms with E-state index in [1.54, 1.807) is 0 Å². The zero-order valence-corrected chi connectivity index (χ0v) is 16.4. The van der Waals surface area contributed by atoms with Crippen LogP contribution in [0.4, 0.5) is 17.3 Å². The number of benzene rings is 1. The number of aryl methyl sites for hydroxylation is 1. The molecule has 6 nitrogen and oxygen atoms in total. The summed E-state index contributed by atoms with van der Waals surface area (Å²) in [5, 5.41) is 2.89. The fourth-order valence-electron chi connectivity index (χ4n) is 3.49. The van der Waals surface area contributed by atoms with E-state index in [1.165, 1.54) is 0 Å². The number of carbonyl (C=O) groups excluding carboxylic acids is 1. The molecule has 148 valence electrons. The van der Waals surface area contributed by atoms with Crippen molar-refractivity contribution in [3.05, 3.63) is 78.6 Å². The zero-order valence-electron chi connectivity index (χ0n) is 16.4. The minimum atomic E-state index is -0.0157. The number of pyridine rings is 2.